The van der Waals surface area contributed by atoms with Gasteiger partial charge in [0.15, 0.2) is 0 Å². The molecule has 1 aromatic heterocycles. The Kier molecular flexibility index (Phi) is 4.99. The Hall–Kier alpha value is -4.24. The first-order chi connectivity index (χ1) is 15.3. The van der Waals surface area contributed by atoms with Crippen molar-refractivity contribution in [2.75, 3.05) is 0 Å². The highest BCUT2D eigenvalue weighted by Crippen LogP contribution is 2.33. The summed E-state index contributed by atoms with van der Waals surface area (Å²) in [5.41, 5.74) is 5.35. The van der Waals surface area contributed by atoms with Crippen LogP contribution in [0.25, 0.3) is 39.5 Å². The number of para-hydroxylation sites is 1. The topological polar surface area (TPSA) is 34.9 Å². The molecule has 0 atom stereocenters. The molecule has 0 aliphatic heterocycles. The van der Waals surface area contributed by atoms with Crippen LogP contribution in [0.3, 0.4) is 0 Å². The van der Waals surface area contributed by atoms with E-state index in [9.17, 15) is 4.79 Å². The smallest absolute Gasteiger partial charge is 0.273 e. The van der Waals surface area contributed by atoms with Crippen molar-refractivity contribution in [1.82, 2.24) is 9.55 Å². The predicted molar refractivity (Wildman–Crippen MR) is 126 cm³/mol. The molecule has 5 aromatic rings. The molecule has 0 N–H and O–H groups in total. The minimum Gasteiger partial charge on any atom is -0.273 e. The van der Waals surface area contributed by atoms with E-state index >= 15 is 0 Å². The van der Waals surface area contributed by atoms with Crippen LogP contribution in [0.1, 0.15) is 0 Å². The molecule has 0 amide bonds. The van der Waals surface area contributed by atoms with Gasteiger partial charge in [-0.25, -0.2) is 4.98 Å². The monoisotopic (exact) mass is 400 g/mol. The minimum atomic E-state index is -0.143. The third-order valence-corrected chi connectivity index (χ3v) is 5.23. The molecule has 0 saturated carbocycles. The second-order valence-electron chi connectivity index (χ2n) is 7.23. The van der Waals surface area contributed by atoms with Gasteiger partial charge in [0.05, 0.1) is 11.4 Å². The number of hydrogen-bond donors (Lipinski definition) is 0. The molecule has 3 nitrogen and oxygen atoms in total. The summed E-state index contributed by atoms with van der Waals surface area (Å²) >= 11 is 0. The molecule has 3 heteroatoms. The zero-order chi connectivity index (χ0) is 21.0. The van der Waals surface area contributed by atoms with Gasteiger partial charge in [0.1, 0.15) is 5.69 Å². The second kappa shape index (κ2) is 8.25. The van der Waals surface area contributed by atoms with Crippen molar-refractivity contribution in [3.05, 3.63) is 132 Å². The molecule has 1 heterocycles. The van der Waals surface area contributed by atoms with Crippen molar-refractivity contribution in [2.24, 2.45) is 0 Å². The predicted octanol–water partition coefficient (Wildman–Crippen LogP) is 6.23. The van der Waals surface area contributed by atoms with Crippen LogP contribution in [-0.4, -0.2) is 9.55 Å². The average molecular weight is 400 g/mol. The van der Waals surface area contributed by atoms with Crippen molar-refractivity contribution in [3.8, 4) is 39.5 Å². The van der Waals surface area contributed by atoms with Gasteiger partial charge in [0, 0.05) is 22.4 Å². The Morgan fingerprint density at radius 1 is 0.484 bits per heavy atom. The van der Waals surface area contributed by atoms with Crippen molar-refractivity contribution in [2.45, 2.75) is 0 Å². The lowest BCUT2D eigenvalue weighted by Crippen LogP contribution is -2.24. The van der Waals surface area contributed by atoms with E-state index in [1.54, 1.807) is 4.57 Å². The van der Waals surface area contributed by atoms with Gasteiger partial charge < -0.3 is 0 Å². The maximum atomic E-state index is 13.8. The minimum absolute atomic E-state index is 0.143. The summed E-state index contributed by atoms with van der Waals surface area (Å²) in [6.45, 7) is 0. The van der Waals surface area contributed by atoms with E-state index < -0.39 is 0 Å². The standard InChI is InChI=1S/C28H20N2O/c31-28-26(22-15-7-2-8-16-22)29-25(21-13-5-1-6-14-21)27(23-17-9-3-10-18-23)30(28)24-19-11-4-12-20-24/h1-20H. The Morgan fingerprint density at radius 3 is 1.42 bits per heavy atom. The largest absolute Gasteiger partial charge is 0.282 e. The average Bonchev–Trinajstić information content (AvgIpc) is 2.86. The molecule has 0 radical (unpaired) electrons. The number of nitrogens with zero attached hydrogens (tertiary/aromatic N) is 2. The molecule has 0 fully saturated rings. The van der Waals surface area contributed by atoms with E-state index in [0.717, 1.165) is 33.8 Å². The van der Waals surface area contributed by atoms with E-state index in [0.29, 0.717) is 5.69 Å². The maximum absolute atomic E-state index is 13.8. The van der Waals surface area contributed by atoms with Crippen LogP contribution in [0.5, 0.6) is 0 Å². The summed E-state index contributed by atoms with van der Waals surface area (Å²) < 4.78 is 1.78. The van der Waals surface area contributed by atoms with Crippen molar-refractivity contribution >= 4 is 0 Å². The van der Waals surface area contributed by atoms with E-state index in [4.69, 9.17) is 4.98 Å². The van der Waals surface area contributed by atoms with E-state index in [2.05, 4.69) is 0 Å². The molecule has 148 valence electrons. The third-order valence-electron chi connectivity index (χ3n) is 5.23. The van der Waals surface area contributed by atoms with Crippen LogP contribution in [0, 0.1) is 0 Å². The highest BCUT2D eigenvalue weighted by atomic mass is 16.1. The van der Waals surface area contributed by atoms with Gasteiger partial charge in [-0.2, -0.15) is 0 Å². The molecule has 0 unspecified atom stereocenters. The van der Waals surface area contributed by atoms with Gasteiger partial charge in [-0.1, -0.05) is 109 Å². The lowest BCUT2D eigenvalue weighted by atomic mass is 10.0. The van der Waals surface area contributed by atoms with Crippen molar-refractivity contribution in [3.63, 3.8) is 0 Å². The molecule has 5 rings (SSSR count). The van der Waals surface area contributed by atoms with E-state index in [1.165, 1.54) is 0 Å². The molecule has 0 saturated heterocycles. The Bertz CT molecular complexity index is 1360. The highest BCUT2D eigenvalue weighted by molar-refractivity contribution is 5.81. The van der Waals surface area contributed by atoms with Gasteiger partial charge in [0.25, 0.3) is 5.56 Å². The number of aromatic nitrogens is 2. The summed E-state index contributed by atoms with van der Waals surface area (Å²) in [5, 5.41) is 0. The van der Waals surface area contributed by atoms with Crippen molar-refractivity contribution < 1.29 is 0 Å². The fourth-order valence-electron chi connectivity index (χ4n) is 3.79. The second-order valence-corrected chi connectivity index (χ2v) is 7.23. The molecule has 31 heavy (non-hydrogen) atoms. The summed E-state index contributed by atoms with van der Waals surface area (Å²) in [4.78, 5) is 18.8. The van der Waals surface area contributed by atoms with E-state index in [-0.39, 0.29) is 5.56 Å². The quantitative estimate of drug-likeness (QED) is 0.358. The van der Waals surface area contributed by atoms with Crippen LogP contribution in [-0.2, 0) is 0 Å². The van der Waals surface area contributed by atoms with Crippen LogP contribution < -0.4 is 5.56 Å². The van der Waals surface area contributed by atoms with Gasteiger partial charge in [-0.3, -0.25) is 9.36 Å². The van der Waals surface area contributed by atoms with Gasteiger partial charge >= 0.3 is 0 Å². The lowest BCUT2D eigenvalue weighted by molar-refractivity contribution is 0.975. The van der Waals surface area contributed by atoms with E-state index in [1.807, 2.05) is 121 Å². The van der Waals surface area contributed by atoms with Gasteiger partial charge in [-0.15, -0.1) is 0 Å². The molecule has 0 aliphatic rings. The molecular formula is C28H20N2O. The first-order valence-corrected chi connectivity index (χ1v) is 10.2. The molecular weight excluding hydrogens is 380 g/mol. The molecule has 4 aromatic carbocycles. The van der Waals surface area contributed by atoms with Crippen molar-refractivity contribution in [1.29, 1.82) is 0 Å². The SMILES string of the molecule is O=c1c(-c2ccccc2)nc(-c2ccccc2)c(-c2ccccc2)n1-c1ccccc1. The maximum Gasteiger partial charge on any atom is 0.282 e. The Balaban J connectivity index is 1.95. The first-order valence-electron chi connectivity index (χ1n) is 10.2. The lowest BCUT2D eigenvalue weighted by Gasteiger charge is -2.19. The van der Waals surface area contributed by atoms with Crippen LogP contribution in [0.2, 0.25) is 0 Å². The van der Waals surface area contributed by atoms with Gasteiger partial charge in [0.2, 0.25) is 0 Å². The molecule has 0 bridgehead atoms. The third kappa shape index (κ3) is 3.58. The highest BCUT2D eigenvalue weighted by Gasteiger charge is 2.21. The fraction of sp³-hybridized carbons (Fsp3) is 0. The summed E-state index contributed by atoms with van der Waals surface area (Å²) in [6, 6.07) is 39.4. The van der Waals surface area contributed by atoms with Crippen LogP contribution >= 0.6 is 0 Å². The first kappa shape index (κ1) is 18.8. The van der Waals surface area contributed by atoms with Gasteiger partial charge in [-0.05, 0) is 12.1 Å². The molecule has 0 aliphatic carbocycles. The normalized spacial score (nSPS) is 10.7. The Morgan fingerprint density at radius 2 is 0.903 bits per heavy atom. The summed E-state index contributed by atoms with van der Waals surface area (Å²) in [6.07, 6.45) is 0. The molecule has 0 spiro atoms. The van der Waals surface area contributed by atoms with Crippen LogP contribution in [0.4, 0.5) is 0 Å². The number of rotatable bonds is 4. The fourth-order valence-corrected chi connectivity index (χ4v) is 3.79. The zero-order valence-corrected chi connectivity index (χ0v) is 16.8. The Labute approximate surface area is 180 Å². The summed E-state index contributed by atoms with van der Waals surface area (Å²) in [7, 11) is 0. The number of hydrogen-bond acceptors (Lipinski definition) is 2. The summed E-state index contributed by atoms with van der Waals surface area (Å²) in [5.74, 6) is 0. The zero-order valence-electron chi connectivity index (χ0n) is 16.8. The van der Waals surface area contributed by atoms with Crippen LogP contribution in [0.15, 0.2) is 126 Å². The number of benzene rings is 4.